The minimum Gasteiger partial charge on any atom is -0.487 e. The number of H-pyrrole nitrogens is 1. The minimum atomic E-state index is -0.357. The number of nitrogens with zero attached hydrogens (tertiary/aromatic N) is 3. The van der Waals surface area contributed by atoms with Crippen molar-refractivity contribution in [3.8, 4) is 5.75 Å². The number of pyridine rings is 1. The summed E-state index contributed by atoms with van der Waals surface area (Å²) in [7, 11) is 1.99. The third-order valence-corrected chi connectivity index (χ3v) is 4.55. The maximum atomic E-state index is 14.4. The van der Waals surface area contributed by atoms with Gasteiger partial charge in [-0.25, -0.2) is 4.39 Å². The van der Waals surface area contributed by atoms with Crippen molar-refractivity contribution in [1.82, 2.24) is 19.7 Å². The van der Waals surface area contributed by atoms with Crippen molar-refractivity contribution in [3.05, 3.63) is 101 Å². The molecule has 1 N–H and O–H groups in total. The van der Waals surface area contributed by atoms with Crippen LogP contribution in [0.5, 0.6) is 5.75 Å². The van der Waals surface area contributed by atoms with Crippen LogP contribution in [0.1, 0.15) is 28.3 Å². The molecule has 5 nitrogen and oxygen atoms in total. The number of rotatable bonds is 7. The number of hydrogen-bond donors (Lipinski definition) is 1. The summed E-state index contributed by atoms with van der Waals surface area (Å²) in [5.41, 5.74) is 3.93. The van der Waals surface area contributed by atoms with Gasteiger partial charge < -0.3 is 9.30 Å². The van der Waals surface area contributed by atoms with Gasteiger partial charge in [0.05, 0.1) is 17.1 Å². The Morgan fingerprint density at radius 2 is 1.97 bits per heavy atom. The Balaban J connectivity index is 1.38. The van der Waals surface area contributed by atoms with Gasteiger partial charge >= 0.3 is 0 Å². The number of halogens is 1. The van der Waals surface area contributed by atoms with Gasteiger partial charge in [0.25, 0.3) is 0 Å². The molecule has 0 unspecified atom stereocenters. The third kappa shape index (κ3) is 4.91. The van der Waals surface area contributed by atoms with Gasteiger partial charge in [-0.1, -0.05) is 6.07 Å². The van der Waals surface area contributed by atoms with E-state index in [2.05, 4.69) is 15.2 Å². The lowest BCUT2D eigenvalue weighted by Crippen LogP contribution is -1.98. The van der Waals surface area contributed by atoms with E-state index < -0.39 is 0 Å². The fourth-order valence-corrected chi connectivity index (χ4v) is 2.90. The molecular weight excluding hydrogens is 379 g/mol. The Morgan fingerprint density at radius 3 is 2.73 bits per heavy atom. The van der Waals surface area contributed by atoms with Gasteiger partial charge in [0.2, 0.25) is 0 Å². The van der Waals surface area contributed by atoms with Crippen LogP contribution >= 0.6 is 0 Å². The normalized spacial score (nSPS) is 11.5. The molecule has 6 heteroatoms. The van der Waals surface area contributed by atoms with Gasteiger partial charge in [0, 0.05) is 36.8 Å². The van der Waals surface area contributed by atoms with Crippen molar-refractivity contribution in [2.75, 3.05) is 0 Å². The summed E-state index contributed by atoms with van der Waals surface area (Å²) in [6, 6.07) is 16.3. The molecule has 3 heterocycles. The molecule has 0 atom stereocenters. The fourth-order valence-electron chi connectivity index (χ4n) is 2.90. The van der Waals surface area contributed by atoms with Crippen LogP contribution in [-0.4, -0.2) is 19.7 Å². The Labute approximate surface area is 174 Å². The van der Waals surface area contributed by atoms with Gasteiger partial charge in [-0.05, 0) is 66.8 Å². The summed E-state index contributed by atoms with van der Waals surface area (Å²) in [6.45, 7) is 0.293. The minimum absolute atomic E-state index is 0.293. The molecule has 150 valence electrons. The van der Waals surface area contributed by atoms with Crippen molar-refractivity contribution >= 4 is 24.3 Å². The molecule has 4 aromatic rings. The Bertz CT molecular complexity index is 1170. The quantitative estimate of drug-likeness (QED) is 0.464. The topological polar surface area (TPSA) is 55.7 Å². The first-order valence-electron chi connectivity index (χ1n) is 9.52. The van der Waals surface area contributed by atoms with Crippen molar-refractivity contribution in [2.24, 2.45) is 7.05 Å². The molecule has 3 aromatic heterocycles. The lowest BCUT2D eigenvalue weighted by atomic mass is 10.1. The molecule has 30 heavy (non-hydrogen) atoms. The van der Waals surface area contributed by atoms with Crippen LogP contribution in [0, 0.1) is 5.82 Å². The van der Waals surface area contributed by atoms with Crippen LogP contribution in [0.3, 0.4) is 0 Å². The van der Waals surface area contributed by atoms with Crippen molar-refractivity contribution in [3.63, 3.8) is 0 Å². The average molecular weight is 400 g/mol. The first kappa shape index (κ1) is 19.4. The van der Waals surface area contributed by atoms with E-state index in [1.807, 2.05) is 66.4 Å². The molecule has 0 fully saturated rings. The molecule has 0 aliphatic rings. The van der Waals surface area contributed by atoms with Crippen molar-refractivity contribution in [1.29, 1.82) is 0 Å². The van der Waals surface area contributed by atoms with Crippen LogP contribution in [0.4, 0.5) is 4.39 Å². The molecule has 0 spiro atoms. The maximum absolute atomic E-state index is 14.4. The fraction of sp³-hybridized carbons (Fsp3) is 0.0833. The van der Waals surface area contributed by atoms with Crippen LogP contribution in [-0.2, 0) is 13.7 Å². The lowest BCUT2D eigenvalue weighted by molar-refractivity contribution is 0.300. The molecule has 0 bridgehead atoms. The van der Waals surface area contributed by atoms with Crippen molar-refractivity contribution < 1.29 is 9.13 Å². The molecule has 0 amide bonds. The molecule has 0 radical (unpaired) electrons. The van der Waals surface area contributed by atoms with E-state index in [0.29, 0.717) is 17.9 Å². The van der Waals surface area contributed by atoms with E-state index in [-0.39, 0.29) is 5.82 Å². The monoisotopic (exact) mass is 400 g/mol. The zero-order valence-electron chi connectivity index (χ0n) is 16.5. The Kier molecular flexibility index (Phi) is 5.85. The zero-order valence-corrected chi connectivity index (χ0v) is 16.5. The van der Waals surface area contributed by atoms with Crippen LogP contribution in [0.2, 0.25) is 0 Å². The summed E-state index contributed by atoms with van der Waals surface area (Å²) >= 11 is 0. The molecule has 0 aliphatic carbocycles. The highest BCUT2D eigenvalue weighted by atomic mass is 19.1. The number of aromatic amines is 1. The summed E-state index contributed by atoms with van der Waals surface area (Å²) in [6.07, 6.45) is 11.1. The number of benzene rings is 1. The second kappa shape index (κ2) is 9.05. The van der Waals surface area contributed by atoms with Gasteiger partial charge in [-0.15, -0.1) is 0 Å². The summed E-state index contributed by atoms with van der Waals surface area (Å²) in [5.74, 6) is 0.104. The van der Waals surface area contributed by atoms with E-state index in [4.69, 9.17) is 4.74 Å². The van der Waals surface area contributed by atoms with E-state index in [0.717, 1.165) is 22.8 Å². The smallest absolute Gasteiger partial charge is 0.134 e. The molecule has 0 saturated carbocycles. The summed E-state index contributed by atoms with van der Waals surface area (Å²) < 4.78 is 22.0. The largest absolute Gasteiger partial charge is 0.487 e. The predicted octanol–water partition coefficient (Wildman–Crippen LogP) is 5.20. The number of ether oxygens (including phenoxy) is 1. The highest BCUT2D eigenvalue weighted by Crippen LogP contribution is 2.20. The SMILES string of the molecule is Cn1cccc1C=Cc1cc(C=Cc2ccc(OCc3ccccn3)cc2F)n[nH]1. The Hall–Kier alpha value is -3.93. The third-order valence-electron chi connectivity index (χ3n) is 4.55. The molecule has 4 rings (SSSR count). The first-order valence-corrected chi connectivity index (χ1v) is 9.52. The molecule has 0 aliphatic heterocycles. The molecular formula is C24H21FN4O. The van der Waals surface area contributed by atoms with Gasteiger partial charge in [-0.3, -0.25) is 10.1 Å². The second-order valence-electron chi connectivity index (χ2n) is 6.75. The van der Waals surface area contributed by atoms with Gasteiger partial charge in [-0.2, -0.15) is 5.10 Å². The molecule has 0 saturated heterocycles. The highest BCUT2D eigenvalue weighted by molar-refractivity contribution is 5.71. The van der Waals surface area contributed by atoms with E-state index in [1.165, 1.54) is 6.07 Å². The molecule has 1 aromatic carbocycles. The first-order chi connectivity index (χ1) is 14.7. The van der Waals surface area contributed by atoms with E-state index in [1.54, 1.807) is 30.5 Å². The average Bonchev–Trinajstić information content (AvgIpc) is 3.39. The van der Waals surface area contributed by atoms with E-state index in [9.17, 15) is 4.39 Å². The van der Waals surface area contributed by atoms with Gasteiger partial charge in [0.15, 0.2) is 0 Å². The number of hydrogen-bond acceptors (Lipinski definition) is 3. The highest BCUT2D eigenvalue weighted by Gasteiger charge is 2.04. The van der Waals surface area contributed by atoms with Crippen LogP contribution in [0.25, 0.3) is 24.3 Å². The lowest BCUT2D eigenvalue weighted by Gasteiger charge is -2.06. The number of aryl methyl sites for hydroxylation is 1. The standard InChI is InChI=1S/C24H21FN4O/c1-29-14-4-6-22(29)11-10-20-15-19(27-28-20)9-7-18-8-12-23(16-24(18)25)30-17-21-5-2-3-13-26-21/h2-16H,17H2,1H3,(H,27,28). The van der Waals surface area contributed by atoms with Crippen LogP contribution in [0.15, 0.2) is 67.0 Å². The van der Waals surface area contributed by atoms with Gasteiger partial charge in [0.1, 0.15) is 18.2 Å². The Morgan fingerprint density at radius 1 is 1.03 bits per heavy atom. The number of nitrogens with one attached hydrogen (secondary N) is 1. The summed E-state index contributed by atoms with van der Waals surface area (Å²) in [4.78, 5) is 4.18. The number of aromatic nitrogens is 4. The van der Waals surface area contributed by atoms with E-state index >= 15 is 0 Å². The maximum Gasteiger partial charge on any atom is 0.134 e. The predicted molar refractivity (Wildman–Crippen MR) is 117 cm³/mol. The van der Waals surface area contributed by atoms with Crippen LogP contribution < -0.4 is 4.74 Å². The van der Waals surface area contributed by atoms with Crippen molar-refractivity contribution in [2.45, 2.75) is 6.61 Å². The zero-order chi connectivity index (χ0) is 20.8. The summed E-state index contributed by atoms with van der Waals surface area (Å²) in [5, 5.41) is 7.20. The second-order valence-corrected chi connectivity index (χ2v) is 6.75.